The minimum absolute atomic E-state index is 0.182. The minimum atomic E-state index is -0.498. The maximum absolute atomic E-state index is 9.83. The average molecular weight is 281 g/mol. The van der Waals surface area contributed by atoms with Gasteiger partial charge in [-0.25, -0.2) is 0 Å². The number of nitrogens with one attached hydrogen (secondary N) is 1. The number of phenolic OH excluding ortho intramolecular Hbond substituents is 1. The van der Waals surface area contributed by atoms with E-state index < -0.39 is 6.10 Å². The van der Waals surface area contributed by atoms with Crippen LogP contribution >= 0.6 is 0 Å². The SMILES string of the molecule is CC(C)CC(C)OCC(O)CNCc1ccc(O)cc1. The van der Waals surface area contributed by atoms with Crippen LogP contribution in [0.5, 0.6) is 5.75 Å². The molecule has 0 bridgehead atoms. The van der Waals surface area contributed by atoms with Gasteiger partial charge in [0.25, 0.3) is 0 Å². The molecule has 0 aliphatic carbocycles. The molecule has 3 N–H and O–H groups in total. The largest absolute Gasteiger partial charge is 0.508 e. The fourth-order valence-electron chi connectivity index (χ4n) is 2.06. The smallest absolute Gasteiger partial charge is 0.115 e. The van der Waals surface area contributed by atoms with Gasteiger partial charge in [-0.15, -0.1) is 0 Å². The Balaban J connectivity index is 2.13. The summed E-state index contributed by atoms with van der Waals surface area (Å²) in [7, 11) is 0. The highest BCUT2D eigenvalue weighted by Crippen LogP contribution is 2.09. The highest BCUT2D eigenvalue weighted by atomic mass is 16.5. The van der Waals surface area contributed by atoms with Gasteiger partial charge < -0.3 is 20.3 Å². The summed E-state index contributed by atoms with van der Waals surface area (Å²) >= 11 is 0. The summed E-state index contributed by atoms with van der Waals surface area (Å²) in [5, 5.41) is 22.2. The first kappa shape index (κ1) is 17.0. The summed E-state index contributed by atoms with van der Waals surface area (Å²) in [5.41, 5.74) is 1.07. The lowest BCUT2D eigenvalue weighted by Crippen LogP contribution is -2.31. The zero-order chi connectivity index (χ0) is 15.0. The third-order valence-electron chi connectivity index (χ3n) is 3.02. The number of phenols is 1. The van der Waals surface area contributed by atoms with Crippen LogP contribution < -0.4 is 5.32 Å². The molecule has 0 saturated heterocycles. The Morgan fingerprint density at radius 3 is 2.40 bits per heavy atom. The van der Waals surface area contributed by atoms with Gasteiger partial charge in [-0.2, -0.15) is 0 Å². The molecule has 0 aromatic heterocycles. The van der Waals surface area contributed by atoms with E-state index in [2.05, 4.69) is 19.2 Å². The first-order valence-electron chi connectivity index (χ1n) is 7.25. The molecule has 4 nitrogen and oxygen atoms in total. The second kappa shape index (κ2) is 8.95. The quantitative estimate of drug-likeness (QED) is 0.650. The molecule has 114 valence electrons. The third-order valence-corrected chi connectivity index (χ3v) is 3.02. The average Bonchev–Trinajstić information content (AvgIpc) is 2.38. The number of hydrogen-bond donors (Lipinski definition) is 3. The molecular formula is C16H27NO3. The summed E-state index contributed by atoms with van der Waals surface area (Å²) in [4.78, 5) is 0. The lowest BCUT2D eigenvalue weighted by atomic mass is 10.1. The van der Waals surface area contributed by atoms with Crippen LogP contribution in [-0.4, -0.2) is 35.6 Å². The van der Waals surface area contributed by atoms with Crippen molar-refractivity contribution in [2.75, 3.05) is 13.2 Å². The van der Waals surface area contributed by atoms with Crippen LogP contribution in [0.15, 0.2) is 24.3 Å². The van der Waals surface area contributed by atoms with Gasteiger partial charge in [-0.3, -0.25) is 0 Å². The summed E-state index contributed by atoms with van der Waals surface area (Å²) in [5.74, 6) is 0.871. The molecule has 20 heavy (non-hydrogen) atoms. The van der Waals surface area contributed by atoms with Crippen molar-refractivity contribution in [3.05, 3.63) is 29.8 Å². The topological polar surface area (TPSA) is 61.7 Å². The van der Waals surface area contributed by atoms with Crippen molar-refractivity contribution in [1.29, 1.82) is 0 Å². The van der Waals surface area contributed by atoms with Crippen molar-refractivity contribution in [2.24, 2.45) is 5.92 Å². The number of aromatic hydroxyl groups is 1. The van der Waals surface area contributed by atoms with Crippen LogP contribution in [0.4, 0.5) is 0 Å². The van der Waals surface area contributed by atoms with Crippen molar-refractivity contribution >= 4 is 0 Å². The maximum atomic E-state index is 9.83. The van der Waals surface area contributed by atoms with Gasteiger partial charge in [-0.1, -0.05) is 26.0 Å². The summed E-state index contributed by atoms with van der Waals surface area (Å²) in [6, 6.07) is 7.03. The van der Waals surface area contributed by atoms with Crippen LogP contribution in [-0.2, 0) is 11.3 Å². The van der Waals surface area contributed by atoms with Crippen molar-refractivity contribution in [1.82, 2.24) is 5.32 Å². The lowest BCUT2D eigenvalue weighted by molar-refractivity contribution is -0.00857. The van der Waals surface area contributed by atoms with E-state index in [1.54, 1.807) is 12.1 Å². The van der Waals surface area contributed by atoms with Crippen molar-refractivity contribution in [3.8, 4) is 5.75 Å². The second-order valence-corrected chi connectivity index (χ2v) is 5.72. The van der Waals surface area contributed by atoms with Gasteiger partial charge in [0, 0.05) is 13.1 Å². The van der Waals surface area contributed by atoms with Crippen molar-refractivity contribution in [2.45, 2.75) is 45.9 Å². The second-order valence-electron chi connectivity index (χ2n) is 5.72. The lowest BCUT2D eigenvalue weighted by Gasteiger charge is -2.18. The Labute approximate surface area is 121 Å². The van der Waals surface area contributed by atoms with E-state index >= 15 is 0 Å². The molecule has 1 aromatic rings. The molecule has 1 rings (SSSR count). The first-order chi connectivity index (χ1) is 9.47. The van der Waals surface area contributed by atoms with E-state index in [0.29, 0.717) is 25.6 Å². The molecular weight excluding hydrogens is 254 g/mol. The monoisotopic (exact) mass is 281 g/mol. The van der Waals surface area contributed by atoms with Gasteiger partial charge in [-0.05, 0) is 37.0 Å². The molecule has 2 atom stereocenters. The minimum Gasteiger partial charge on any atom is -0.508 e. The molecule has 0 heterocycles. The van der Waals surface area contributed by atoms with Crippen LogP contribution in [0.25, 0.3) is 0 Å². The van der Waals surface area contributed by atoms with Crippen LogP contribution in [0.2, 0.25) is 0 Å². The number of rotatable bonds is 9. The fourth-order valence-corrected chi connectivity index (χ4v) is 2.06. The molecule has 0 fully saturated rings. The Kier molecular flexibility index (Phi) is 7.59. The molecule has 0 radical (unpaired) electrons. The third kappa shape index (κ3) is 7.48. The van der Waals surface area contributed by atoms with Gasteiger partial charge in [0.2, 0.25) is 0 Å². The Morgan fingerprint density at radius 1 is 1.15 bits per heavy atom. The Morgan fingerprint density at radius 2 is 1.80 bits per heavy atom. The number of aliphatic hydroxyl groups excluding tert-OH is 1. The van der Waals surface area contributed by atoms with Crippen molar-refractivity contribution < 1.29 is 14.9 Å². The van der Waals surface area contributed by atoms with Crippen LogP contribution in [0.3, 0.4) is 0 Å². The fraction of sp³-hybridized carbons (Fsp3) is 0.625. The molecule has 0 spiro atoms. The summed E-state index contributed by atoms with van der Waals surface area (Å²) in [6.45, 7) is 7.88. The Hall–Kier alpha value is -1.10. The van der Waals surface area contributed by atoms with Crippen LogP contribution in [0, 0.1) is 5.92 Å². The Bertz CT molecular complexity index is 364. The molecule has 0 saturated carbocycles. The van der Waals surface area contributed by atoms with E-state index in [0.717, 1.165) is 12.0 Å². The molecule has 4 heteroatoms. The van der Waals surface area contributed by atoms with E-state index in [1.807, 2.05) is 19.1 Å². The predicted octanol–water partition coefficient (Wildman–Crippen LogP) is 2.29. The zero-order valence-electron chi connectivity index (χ0n) is 12.7. The number of ether oxygens (including phenoxy) is 1. The van der Waals surface area contributed by atoms with Crippen LogP contribution in [0.1, 0.15) is 32.8 Å². The predicted molar refractivity (Wildman–Crippen MR) is 80.7 cm³/mol. The highest BCUT2D eigenvalue weighted by molar-refractivity contribution is 5.25. The van der Waals surface area contributed by atoms with E-state index in [4.69, 9.17) is 4.74 Å². The molecule has 0 aliphatic rings. The van der Waals surface area contributed by atoms with Gasteiger partial charge in [0.1, 0.15) is 5.75 Å². The normalized spacial score (nSPS) is 14.4. The zero-order valence-corrected chi connectivity index (χ0v) is 12.7. The van der Waals surface area contributed by atoms with Gasteiger partial charge >= 0.3 is 0 Å². The standard InChI is InChI=1S/C16H27NO3/c1-12(2)8-13(3)20-11-16(19)10-17-9-14-4-6-15(18)7-5-14/h4-7,12-13,16-19H,8-11H2,1-3H3. The molecule has 2 unspecified atom stereocenters. The van der Waals surface area contributed by atoms with Crippen molar-refractivity contribution in [3.63, 3.8) is 0 Å². The molecule has 0 aliphatic heterocycles. The van der Waals surface area contributed by atoms with E-state index in [-0.39, 0.29) is 11.9 Å². The summed E-state index contributed by atoms with van der Waals surface area (Å²) in [6.07, 6.45) is 0.691. The first-order valence-corrected chi connectivity index (χ1v) is 7.25. The van der Waals surface area contributed by atoms with Gasteiger partial charge in [0.15, 0.2) is 0 Å². The van der Waals surface area contributed by atoms with Gasteiger partial charge in [0.05, 0.1) is 18.8 Å². The van der Waals surface area contributed by atoms with E-state index in [9.17, 15) is 10.2 Å². The maximum Gasteiger partial charge on any atom is 0.115 e. The number of hydrogen-bond acceptors (Lipinski definition) is 4. The molecule has 1 aromatic carbocycles. The highest BCUT2D eigenvalue weighted by Gasteiger charge is 2.09. The van der Waals surface area contributed by atoms with E-state index in [1.165, 1.54) is 0 Å². The number of aliphatic hydroxyl groups is 1. The number of benzene rings is 1. The molecule has 0 amide bonds. The summed E-state index contributed by atoms with van der Waals surface area (Å²) < 4.78 is 5.61.